The minimum atomic E-state index is 0.395. The van der Waals surface area contributed by atoms with Gasteiger partial charge in [-0.1, -0.05) is 55.1 Å². The Morgan fingerprint density at radius 3 is 2.38 bits per heavy atom. The van der Waals surface area contributed by atoms with Crippen LogP contribution in [0.3, 0.4) is 0 Å². The van der Waals surface area contributed by atoms with Crippen LogP contribution in [0.2, 0.25) is 0 Å². The number of fused-ring (bicyclic) bond motifs is 1. The molecular weight excluding hydrogens is 352 g/mol. The van der Waals surface area contributed by atoms with Crippen molar-refractivity contribution < 1.29 is 0 Å². The molecule has 2 nitrogen and oxygen atoms in total. The van der Waals surface area contributed by atoms with Crippen LogP contribution in [-0.4, -0.2) is 28.9 Å². The molecule has 0 amide bonds. The van der Waals surface area contributed by atoms with Crippen molar-refractivity contribution in [2.75, 3.05) is 13.1 Å². The number of hydrogen-bond acceptors (Lipinski definition) is 2. The van der Waals surface area contributed by atoms with Crippen LogP contribution in [0, 0.1) is 13.8 Å². The van der Waals surface area contributed by atoms with E-state index in [1.54, 1.807) is 0 Å². The zero-order valence-electron chi connectivity index (χ0n) is 18.0. The third-order valence-electron chi connectivity index (χ3n) is 6.51. The average Bonchev–Trinajstić information content (AvgIpc) is 2.72. The van der Waals surface area contributed by atoms with Gasteiger partial charge in [-0.2, -0.15) is 0 Å². The number of allylic oxidation sites excluding steroid dienone is 3. The number of benzene rings is 2. The number of aryl methyl sites for hydroxylation is 3. The van der Waals surface area contributed by atoms with Crippen LogP contribution in [0.25, 0.3) is 0 Å². The fourth-order valence-electron chi connectivity index (χ4n) is 4.54. The van der Waals surface area contributed by atoms with Gasteiger partial charge in [-0.05, 0) is 73.1 Å². The Bertz CT molecular complexity index is 932. The topological polar surface area (TPSA) is 6.48 Å². The summed E-state index contributed by atoms with van der Waals surface area (Å²) in [6.45, 7) is 14.3. The number of piperazine rings is 1. The van der Waals surface area contributed by atoms with E-state index in [2.05, 4.69) is 98.0 Å². The lowest BCUT2D eigenvalue weighted by Crippen LogP contribution is -2.48. The Morgan fingerprint density at radius 2 is 1.66 bits per heavy atom. The van der Waals surface area contributed by atoms with Crippen molar-refractivity contribution in [1.82, 2.24) is 9.80 Å². The summed E-state index contributed by atoms with van der Waals surface area (Å²) in [5.74, 6) is 0. The van der Waals surface area contributed by atoms with Gasteiger partial charge in [-0.25, -0.2) is 0 Å². The van der Waals surface area contributed by atoms with Gasteiger partial charge < -0.3 is 4.90 Å². The molecule has 0 aliphatic carbocycles. The van der Waals surface area contributed by atoms with Gasteiger partial charge in [0, 0.05) is 37.6 Å². The minimum Gasteiger partial charge on any atom is -0.348 e. The molecule has 1 atom stereocenters. The number of hydrogen-bond donors (Lipinski definition) is 0. The van der Waals surface area contributed by atoms with E-state index in [1.807, 2.05) is 0 Å². The molecule has 1 fully saturated rings. The van der Waals surface area contributed by atoms with E-state index in [0.29, 0.717) is 6.04 Å². The Balaban J connectivity index is 1.45. The maximum absolute atomic E-state index is 4.38. The molecule has 1 saturated heterocycles. The molecule has 2 heterocycles. The zero-order chi connectivity index (χ0) is 20.4. The zero-order valence-corrected chi connectivity index (χ0v) is 18.0. The van der Waals surface area contributed by atoms with Crippen molar-refractivity contribution in [3.63, 3.8) is 0 Å². The van der Waals surface area contributed by atoms with Crippen LogP contribution in [0.4, 0.5) is 0 Å². The van der Waals surface area contributed by atoms with E-state index in [-0.39, 0.29) is 0 Å². The Morgan fingerprint density at radius 1 is 0.931 bits per heavy atom. The number of nitrogens with zero attached hydrogens (tertiary/aromatic N) is 2. The SMILES string of the molecule is C=C1C=C2C(C)N(Cc3c(C)cccc3C)CCN2C=C1CCc1ccccc1. The predicted octanol–water partition coefficient (Wildman–Crippen LogP) is 5.78. The Hall–Kier alpha value is -2.58. The fourth-order valence-corrected chi connectivity index (χ4v) is 4.54. The Kier molecular flexibility index (Phi) is 5.73. The van der Waals surface area contributed by atoms with Gasteiger partial charge in [0.05, 0.1) is 0 Å². The van der Waals surface area contributed by atoms with Crippen LogP contribution in [0.15, 0.2) is 84.2 Å². The molecule has 0 saturated carbocycles. The minimum absolute atomic E-state index is 0.395. The monoisotopic (exact) mass is 384 g/mol. The summed E-state index contributed by atoms with van der Waals surface area (Å²) in [5, 5.41) is 0. The van der Waals surface area contributed by atoms with E-state index >= 15 is 0 Å². The maximum Gasteiger partial charge on any atom is 0.0476 e. The molecule has 0 N–H and O–H groups in total. The fraction of sp³-hybridized carbons (Fsp3) is 0.333. The van der Waals surface area contributed by atoms with Crippen molar-refractivity contribution in [1.29, 1.82) is 0 Å². The van der Waals surface area contributed by atoms with Crippen LogP contribution < -0.4 is 0 Å². The second-order valence-electron chi connectivity index (χ2n) is 8.44. The lowest BCUT2D eigenvalue weighted by Gasteiger charge is -2.44. The summed E-state index contributed by atoms with van der Waals surface area (Å²) in [7, 11) is 0. The average molecular weight is 385 g/mol. The van der Waals surface area contributed by atoms with Gasteiger partial charge in [-0.3, -0.25) is 4.90 Å². The van der Waals surface area contributed by atoms with Gasteiger partial charge in [-0.15, -0.1) is 0 Å². The molecule has 2 aliphatic heterocycles. The van der Waals surface area contributed by atoms with E-state index in [9.17, 15) is 0 Å². The lowest BCUT2D eigenvalue weighted by atomic mass is 9.93. The molecule has 2 aromatic carbocycles. The second-order valence-corrected chi connectivity index (χ2v) is 8.44. The van der Waals surface area contributed by atoms with Gasteiger partial charge in [0.25, 0.3) is 0 Å². The van der Waals surface area contributed by atoms with Crippen LogP contribution >= 0.6 is 0 Å². The molecule has 2 aliphatic rings. The highest BCUT2D eigenvalue weighted by molar-refractivity contribution is 5.45. The smallest absolute Gasteiger partial charge is 0.0476 e. The molecule has 2 aromatic rings. The first kappa shape index (κ1) is 19.7. The van der Waals surface area contributed by atoms with E-state index in [0.717, 1.165) is 32.5 Å². The summed E-state index contributed by atoms with van der Waals surface area (Å²) in [6.07, 6.45) is 6.79. The third-order valence-corrected chi connectivity index (χ3v) is 6.51. The van der Waals surface area contributed by atoms with E-state index < -0.39 is 0 Å². The summed E-state index contributed by atoms with van der Waals surface area (Å²) in [6, 6.07) is 17.7. The second kappa shape index (κ2) is 8.42. The van der Waals surface area contributed by atoms with Crippen molar-refractivity contribution in [3.8, 4) is 0 Å². The van der Waals surface area contributed by atoms with Gasteiger partial charge in [0.15, 0.2) is 0 Å². The molecule has 4 rings (SSSR count). The molecule has 0 bridgehead atoms. The molecule has 29 heavy (non-hydrogen) atoms. The standard InChI is InChI=1S/C27H32N2/c1-20-9-8-10-21(2)26(20)19-28-15-16-29-18-25(22(3)17-27(29)23(28)4)14-13-24-11-6-5-7-12-24/h5-12,17-18,23H,3,13-16,19H2,1-2,4H3. The number of rotatable bonds is 5. The van der Waals surface area contributed by atoms with Crippen LogP contribution in [-0.2, 0) is 13.0 Å². The predicted molar refractivity (Wildman–Crippen MR) is 123 cm³/mol. The third kappa shape index (κ3) is 4.23. The van der Waals surface area contributed by atoms with Gasteiger partial charge in [0.2, 0.25) is 0 Å². The largest absolute Gasteiger partial charge is 0.348 e. The van der Waals surface area contributed by atoms with Crippen LogP contribution in [0.5, 0.6) is 0 Å². The molecule has 0 spiro atoms. The van der Waals surface area contributed by atoms with Crippen molar-refractivity contribution in [2.45, 2.75) is 46.2 Å². The summed E-state index contributed by atoms with van der Waals surface area (Å²) >= 11 is 0. The van der Waals surface area contributed by atoms with E-state index in [4.69, 9.17) is 0 Å². The van der Waals surface area contributed by atoms with Crippen molar-refractivity contribution in [2.24, 2.45) is 0 Å². The van der Waals surface area contributed by atoms with Gasteiger partial charge >= 0.3 is 0 Å². The van der Waals surface area contributed by atoms with E-state index in [1.165, 1.54) is 39.1 Å². The highest BCUT2D eigenvalue weighted by Gasteiger charge is 2.30. The highest BCUT2D eigenvalue weighted by atomic mass is 15.3. The molecule has 1 unspecified atom stereocenters. The first-order valence-electron chi connectivity index (χ1n) is 10.7. The van der Waals surface area contributed by atoms with Crippen molar-refractivity contribution in [3.05, 3.63) is 106 Å². The maximum atomic E-state index is 4.38. The van der Waals surface area contributed by atoms with Gasteiger partial charge in [0.1, 0.15) is 0 Å². The Labute approximate surface area is 175 Å². The molecule has 0 radical (unpaired) electrons. The quantitative estimate of drug-likeness (QED) is 0.645. The lowest BCUT2D eigenvalue weighted by molar-refractivity contribution is 0.144. The normalized spacial score (nSPS) is 19.6. The first-order chi connectivity index (χ1) is 14.0. The first-order valence-corrected chi connectivity index (χ1v) is 10.7. The highest BCUT2D eigenvalue weighted by Crippen LogP contribution is 2.32. The molecule has 0 aromatic heterocycles. The van der Waals surface area contributed by atoms with Crippen molar-refractivity contribution >= 4 is 0 Å². The summed E-state index contributed by atoms with van der Waals surface area (Å²) < 4.78 is 0. The molecule has 150 valence electrons. The molecular formula is C27H32N2. The summed E-state index contributed by atoms with van der Waals surface area (Å²) in [5.41, 5.74) is 9.58. The van der Waals surface area contributed by atoms with Crippen LogP contribution in [0.1, 0.15) is 35.6 Å². The summed E-state index contributed by atoms with van der Waals surface area (Å²) in [4.78, 5) is 5.06. The molecule has 2 heteroatoms.